The third-order valence-corrected chi connectivity index (χ3v) is 8.69. The van der Waals surface area contributed by atoms with Gasteiger partial charge >= 0.3 is 7.60 Å². The number of azide groups is 1. The topological polar surface area (TPSA) is 135 Å². The molecule has 1 N–H and O–H groups in total. The van der Waals surface area contributed by atoms with Crippen LogP contribution in [0.25, 0.3) is 10.4 Å². The highest BCUT2D eigenvalue weighted by molar-refractivity contribution is 7.53. The van der Waals surface area contributed by atoms with E-state index in [2.05, 4.69) is 15.0 Å². The summed E-state index contributed by atoms with van der Waals surface area (Å²) in [6.45, 7) is 6.92. The molecule has 0 aliphatic carbocycles. The number of hydrogen-bond acceptors (Lipinski definition) is 7. The maximum atomic E-state index is 13.5. The maximum Gasteiger partial charge on any atom is 0.333 e. The van der Waals surface area contributed by atoms with E-state index in [0.29, 0.717) is 0 Å². The van der Waals surface area contributed by atoms with Crippen LogP contribution in [0, 0.1) is 0 Å². The lowest BCUT2D eigenvalue weighted by Crippen LogP contribution is -2.38. The number of benzene rings is 3. The van der Waals surface area contributed by atoms with Crippen molar-refractivity contribution in [3.05, 3.63) is 130 Å². The van der Waals surface area contributed by atoms with E-state index in [4.69, 9.17) is 14.1 Å². The zero-order chi connectivity index (χ0) is 29.5. The van der Waals surface area contributed by atoms with Crippen LogP contribution >= 0.6 is 7.60 Å². The fraction of sp³-hybridized carbons (Fsp3) is 0.333. The molecule has 0 amide bonds. The lowest BCUT2D eigenvalue weighted by atomic mass is 9.77. The molecule has 0 fully saturated rings. The molecule has 0 aliphatic heterocycles. The predicted molar refractivity (Wildman–Crippen MR) is 157 cm³/mol. The molecule has 1 heterocycles. The van der Waals surface area contributed by atoms with Gasteiger partial charge in [0.25, 0.3) is 0 Å². The smallest absolute Gasteiger partial charge is 0.333 e. The Morgan fingerprint density at radius 1 is 0.878 bits per heavy atom. The molecule has 0 spiro atoms. The van der Waals surface area contributed by atoms with Crippen LogP contribution in [0.5, 0.6) is 0 Å². The monoisotopic (exact) mass is 574 g/mol. The Morgan fingerprint density at radius 2 is 1.32 bits per heavy atom. The first-order chi connectivity index (χ1) is 19.7. The number of aliphatic hydroxyl groups is 1. The van der Waals surface area contributed by atoms with Crippen molar-refractivity contribution in [2.24, 2.45) is 5.11 Å². The zero-order valence-corrected chi connectivity index (χ0v) is 24.5. The Bertz CT molecular complexity index is 1380. The number of hydrogen-bond donors (Lipinski definition) is 1. The van der Waals surface area contributed by atoms with Gasteiger partial charge in [-0.05, 0) is 49.9 Å². The van der Waals surface area contributed by atoms with E-state index in [1.54, 1.807) is 38.7 Å². The standard InChI is InChI=1S/C30H35N6O4P/c1-22(2)39-41(38,40-23(3)4)20-27(37)28(33-35-31)29-32-21-36(34-29)30(24-14-8-5-9-15-24,25-16-10-6-11-17-25)26-18-12-7-13-19-26/h5-19,21-23,27-28,37H,20H2,1-4H3. The zero-order valence-electron chi connectivity index (χ0n) is 23.6. The van der Waals surface area contributed by atoms with Crippen molar-refractivity contribution >= 4 is 7.60 Å². The van der Waals surface area contributed by atoms with E-state index in [1.807, 2.05) is 91.0 Å². The van der Waals surface area contributed by atoms with Crippen LogP contribution in [0.3, 0.4) is 0 Å². The van der Waals surface area contributed by atoms with Gasteiger partial charge in [-0.3, -0.25) is 4.57 Å². The third-order valence-electron chi connectivity index (χ3n) is 6.39. The summed E-state index contributed by atoms with van der Waals surface area (Å²) in [6.07, 6.45) is -1.10. The molecular formula is C30H35N6O4P. The summed E-state index contributed by atoms with van der Waals surface area (Å²) < 4.78 is 26.4. The summed E-state index contributed by atoms with van der Waals surface area (Å²) in [5.74, 6) is 0.0723. The first-order valence-electron chi connectivity index (χ1n) is 13.5. The van der Waals surface area contributed by atoms with Gasteiger partial charge in [0, 0.05) is 4.91 Å². The van der Waals surface area contributed by atoms with Crippen molar-refractivity contribution in [3.63, 3.8) is 0 Å². The molecule has 2 unspecified atom stereocenters. The predicted octanol–water partition coefficient (Wildman–Crippen LogP) is 6.87. The van der Waals surface area contributed by atoms with Gasteiger partial charge in [0.2, 0.25) is 0 Å². The van der Waals surface area contributed by atoms with E-state index in [9.17, 15) is 15.2 Å². The Balaban J connectivity index is 1.85. The van der Waals surface area contributed by atoms with Crippen LogP contribution in [0.4, 0.5) is 0 Å². The maximum absolute atomic E-state index is 13.5. The van der Waals surface area contributed by atoms with E-state index < -0.39 is 43.7 Å². The highest BCUT2D eigenvalue weighted by atomic mass is 31.2. The molecule has 0 saturated carbocycles. The van der Waals surface area contributed by atoms with Crippen molar-refractivity contribution in [1.82, 2.24) is 14.8 Å². The average Bonchev–Trinajstić information content (AvgIpc) is 3.42. The lowest BCUT2D eigenvalue weighted by Gasteiger charge is -2.36. The van der Waals surface area contributed by atoms with Gasteiger partial charge in [0.15, 0.2) is 5.82 Å². The van der Waals surface area contributed by atoms with Gasteiger partial charge in [0.05, 0.1) is 24.5 Å². The Hall–Kier alpha value is -3.78. The van der Waals surface area contributed by atoms with E-state index >= 15 is 0 Å². The van der Waals surface area contributed by atoms with Crippen LogP contribution in [0.15, 0.2) is 102 Å². The highest BCUT2D eigenvalue weighted by Crippen LogP contribution is 2.52. The Morgan fingerprint density at radius 3 is 1.71 bits per heavy atom. The highest BCUT2D eigenvalue weighted by Gasteiger charge is 2.41. The van der Waals surface area contributed by atoms with Crippen molar-refractivity contribution in [3.8, 4) is 0 Å². The molecule has 4 aromatic rings. The molecule has 1 aromatic heterocycles. The number of aliphatic hydroxyl groups excluding tert-OH is 1. The minimum atomic E-state index is -3.75. The molecule has 2 atom stereocenters. The molecule has 0 bridgehead atoms. The van der Waals surface area contributed by atoms with Crippen LogP contribution in [-0.2, 0) is 19.2 Å². The van der Waals surface area contributed by atoms with Gasteiger partial charge in [-0.15, -0.1) is 0 Å². The molecule has 0 radical (unpaired) electrons. The van der Waals surface area contributed by atoms with Gasteiger partial charge in [-0.2, -0.15) is 5.10 Å². The van der Waals surface area contributed by atoms with E-state index in [1.165, 1.54) is 0 Å². The third kappa shape index (κ3) is 6.76. The van der Waals surface area contributed by atoms with Gasteiger partial charge in [-0.25, -0.2) is 9.67 Å². The molecule has 0 aliphatic rings. The van der Waals surface area contributed by atoms with Gasteiger partial charge in [0.1, 0.15) is 17.9 Å². The van der Waals surface area contributed by atoms with Crippen molar-refractivity contribution in [2.75, 3.05) is 6.16 Å². The second-order valence-corrected chi connectivity index (χ2v) is 12.2. The first-order valence-corrected chi connectivity index (χ1v) is 15.2. The molecule has 3 aromatic carbocycles. The van der Waals surface area contributed by atoms with Crippen LogP contribution in [0.2, 0.25) is 0 Å². The summed E-state index contributed by atoms with van der Waals surface area (Å²) in [7, 11) is -3.75. The lowest BCUT2D eigenvalue weighted by molar-refractivity contribution is 0.116. The van der Waals surface area contributed by atoms with Crippen molar-refractivity contribution < 1.29 is 18.7 Å². The molecule has 10 nitrogen and oxygen atoms in total. The summed E-state index contributed by atoms with van der Waals surface area (Å²) in [4.78, 5) is 7.44. The normalized spacial score (nSPS) is 13.6. The van der Waals surface area contributed by atoms with Gasteiger partial charge in [-0.1, -0.05) is 96.1 Å². The van der Waals surface area contributed by atoms with E-state index in [-0.39, 0.29) is 5.82 Å². The van der Waals surface area contributed by atoms with Crippen molar-refractivity contribution in [2.45, 2.75) is 57.6 Å². The molecule has 41 heavy (non-hydrogen) atoms. The van der Waals surface area contributed by atoms with Crippen LogP contribution < -0.4 is 0 Å². The molecule has 11 heteroatoms. The largest absolute Gasteiger partial charge is 0.392 e. The molecular weight excluding hydrogens is 539 g/mol. The number of nitrogens with zero attached hydrogens (tertiary/aromatic N) is 6. The van der Waals surface area contributed by atoms with E-state index in [0.717, 1.165) is 16.7 Å². The Labute approximate surface area is 240 Å². The second-order valence-electron chi connectivity index (χ2n) is 10.2. The van der Waals surface area contributed by atoms with Crippen molar-refractivity contribution in [1.29, 1.82) is 0 Å². The summed E-state index contributed by atoms with van der Waals surface area (Å²) >= 11 is 0. The SMILES string of the molecule is CC(C)OP(=O)(CC(O)C(N=[N+]=[N-])c1ncn(C(c2ccccc2)(c2ccccc2)c2ccccc2)n1)OC(C)C. The molecule has 0 saturated heterocycles. The fourth-order valence-corrected chi connectivity index (χ4v) is 7.11. The minimum absolute atomic E-state index is 0.0723. The Kier molecular flexibility index (Phi) is 9.76. The van der Waals surface area contributed by atoms with Crippen LogP contribution in [-0.4, -0.2) is 44.3 Å². The average molecular weight is 575 g/mol. The minimum Gasteiger partial charge on any atom is -0.392 e. The van der Waals surface area contributed by atoms with Gasteiger partial charge < -0.3 is 14.2 Å². The number of rotatable bonds is 13. The quantitative estimate of drug-likeness (QED) is 0.0608. The first kappa shape index (κ1) is 30.2. The summed E-state index contributed by atoms with van der Waals surface area (Å²) in [5.41, 5.74) is 11.2. The second kappa shape index (κ2) is 13.3. The fourth-order valence-electron chi connectivity index (χ4n) is 4.95. The molecule has 4 rings (SSSR count). The number of aromatic nitrogens is 3. The summed E-state index contributed by atoms with van der Waals surface area (Å²) in [5, 5.41) is 19.9. The summed E-state index contributed by atoms with van der Waals surface area (Å²) in [6, 6.07) is 28.5. The van der Waals surface area contributed by atoms with Crippen LogP contribution in [0.1, 0.15) is 56.3 Å². The molecule has 214 valence electrons.